The molecule has 2 aromatic rings. The standard InChI is InChI=1S/C26H32Cl5N/c1-6-11-26(5,16-25(2,3)4)32-15-18-9-7-17(12-21(18)28)8-10-20(27)19-13-22(29)24(31)23(30)14-19/h7-10,12-14,20,32H,6,11,15-16H2,1-5H3/b10-8+. The molecule has 0 saturated carbocycles. The molecule has 1 nitrogen and oxygen atoms in total. The van der Waals surface area contributed by atoms with E-state index in [1.807, 2.05) is 24.3 Å². The number of hydrogen-bond acceptors (Lipinski definition) is 1. The highest BCUT2D eigenvalue weighted by molar-refractivity contribution is 6.48. The van der Waals surface area contributed by atoms with Gasteiger partial charge in [-0.2, -0.15) is 0 Å². The first-order valence-corrected chi connectivity index (χ1v) is 12.8. The zero-order valence-corrected chi connectivity index (χ0v) is 23.1. The second kappa shape index (κ2) is 11.8. The van der Waals surface area contributed by atoms with Crippen molar-refractivity contribution >= 4 is 64.1 Å². The Kier molecular flexibility index (Phi) is 10.3. The molecule has 0 fully saturated rings. The summed E-state index contributed by atoms with van der Waals surface area (Å²) in [5, 5.41) is 5.20. The average Bonchev–Trinajstić information content (AvgIpc) is 2.68. The summed E-state index contributed by atoms with van der Waals surface area (Å²) in [5.74, 6) is 0. The molecule has 1 N–H and O–H groups in total. The summed E-state index contributed by atoms with van der Waals surface area (Å²) in [7, 11) is 0. The predicted molar refractivity (Wildman–Crippen MR) is 145 cm³/mol. The summed E-state index contributed by atoms with van der Waals surface area (Å²) in [5.41, 5.74) is 3.16. The average molecular weight is 536 g/mol. The maximum atomic E-state index is 6.60. The van der Waals surface area contributed by atoms with E-state index in [1.54, 1.807) is 12.1 Å². The first-order valence-electron chi connectivity index (χ1n) is 10.8. The van der Waals surface area contributed by atoms with Gasteiger partial charge in [-0.05, 0) is 60.1 Å². The molecule has 6 heteroatoms. The number of rotatable bonds is 9. The summed E-state index contributed by atoms with van der Waals surface area (Å²) < 4.78 is 0. The molecule has 0 amide bonds. The van der Waals surface area contributed by atoms with Crippen LogP contribution < -0.4 is 5.32 Å². The van der Waals surface area contributed by atoms with Crippen LogP contribution in [0.1, 0.15) is 75.9 Å². The van der Waals surface area contributed by atoms with Gasteiger partial charge in [-0.3, -0.25) is 0 Å². The molecule has 32 heavy (non-hydrogen) atoms. The Morgan fingerprint density at radius 1 is 0.938 bits per heavy atom. The molecule has 2 unspecified atom stereocenters. The fourth-order valence-corrected chi connectivity index (χ4v) is 5.19. The molecule has 2 atom stereocenters. The van der Waals surface area contributed by atoms with Gasteiger partial charge in [-0.15, -0.1) is 11.6 Å². The van der Waals surface area contributed by atoms with Gasteiger partial charge in [-0.1, -0.05) is 105 Å². The van der Waals surface area contributed by atoms with Crippen molar-refractivity contribution in [3.8, 4) is 0 Å². The van der Waals surface area contributed by atoms with Gasteiger partial charge < -0.3 is 5.32 Å². The highest BCUT2D eigenvalue weighted by Crippen LogP contribution is 2.36. The van der Waals surface area contributed by atoms with E-state index in [0.717, 1.165) is 47.5 Å². The van der Waals surface area contributed by atoms with Gasteiger partial charge in [0.25, 0.3) is 0 Å². The summed E-state index contributed by atoms with van der Waals surface area (Å²) in [6.07, 6.45) is 7.18. The molecule has 2 rings (SSSR count). The molecule has 2 aromatic carbocycles. The zero-order chi connectivity index (χ0) is 24.1. The molecular formula is C26H32Cl5N. The number of nitrogens with one attached hydrogen (secondary N) is 1. The molecule has 176 valence electrons. The Bertz CT molecular complexity index is 925. The van der Waals surface area contributed by atoms with Crippen LogP contribution >= 0.6 is 58.0 Å². The maximum Gasteiger partial charge on any atom is 0.0778 e. The van der Waals surface area contributed by atoms with Gasteiger partial charge in [-0.25, -0.2) is 0 Å². The van der Waals surface area contributed by atoms with Gasteiger partial charge in [0.15, 0.2) is 0 Å². The first kappa shape index (κ1) is 27.8. The third-order valence-electron chi connectivity index (χ3n) is 5.29. The SMILES string of the molecule is CCCC(C)(CC(C)(C)C)NCc1ccc(/C=C/C(Cl)c2cc(Cl)c(Cl)c(Cl)c2)cc1Cl. The molecule has 0 bridgehead atoms. The summed E-state index contributed by atoms with van der Waals surface area (Å²) in [6, 6.07) is 9.53. The summed E-state index contributed by atoms with van der Waals surface area (Å²) in [4.78, 5) is 0. The van der Waals surface area contributed by atoms with E-state index in [-0.39, 0.29) is 11.0 Å². The lowest BCUT2D eigenvalue weighted by molar-refractivity contribution is 0.209. The molecule has 0 radical (unpaired) electrons. The van der Waals surface area contributed by atoms with Crippen molar-refractivity contribution in [3.63, 3.8) is 0 Å². The highest BCUT2D eigenvalue weighted by Gasteiger charge is 2.28. The van der Waals surface area contributed by atoms with Gasteiger partial charge >= 0.3 is 0 Å². The number of alkyl halides is 1. The highest BCUT2D eigenvalue weighted by atomic mass is 35.5. The molecular weight excluding hydrogens is 504 g/mol. The van der Waals surface area contributed by atoms with Crippen molar-refractivity contribution in [1.29, 1.82) is 0 Å². The molecule has 0 aliphatic rings. The number of allylic oxidation sites excluding steroid dienone is 1. The van der Waals surface area contributed by atoms with Crippen molar-refractivity contribution in [2.24, 2.45) is 5.41 Å². The lowest BCUT2D eigenvalue weighted by atomic mass is 9.78. The van der Waals surface area contributed by atoms with Crippen molar-refractivity contribution in [2.75, 3.05) is 0 Å². The summed E-state index contributed by atoms with van der Waals surface area (Å²) in [6.45, 7) is 12.1. The van der Waals surface area contributed by atoms with Crippen LogP contribution in [0.2, 0.25) is 20.1 Å². The van der Waals surface area contributed by atoms with Gasteiger partial charge in [0.1, 0.15) is 0 Å². The van der Waals surface area contributed by atoms with E-state index in [0.29, 0.717) is 15.1 Å². The second-order valence-corrected chi connectivity index (χ2v) is 11.9. The number of hydrogen-bond donors (Lipinski definition) is 1. The smallest absolute Gasteiger partial charge is 0.0778 e. The largest absolute Gasteiger partial charge is 0.307 e. The van der Waals surface area contributed by atoms with Crippen molar-refractivity contribution in [1.82, 2.24) is 5.32 Å². The van der Waals surface area contributed by atoms with E-state index >= 15 is 0 Å². The Balaban J connectivity index is 2.09. The van der Waals surface area contributed by atoms with Crippen molar-refractivity contribution < 1.29 is 0 Å². The van der Waals surface area contributed by atoms with E-state index in [2.05, 4.69) is 46.0 Å². The van der Waals surface area contributed by atoms with Gasteiger partial charge in [0.2, 0.25) is 0 Å². The molecule has 0 aliphatic carbocycles. The molecule has 0 heterocycles. The van der Waals surface area contributed by atoms with Crippen molar-refractivity contribution in [3.05, 3.63) is 73.2 Å². The minimum absolute atomic E-state index is 0.0713. The van der Waals surface area contributed by atoms with Crippen molar-refractivity contribution in [2.45, 2.75) is 71.3 Å². The first-order chi connectivity index (χ1) is 14.8. The monoisotopic (exact) mass is 533 g/mol. The lowest BCUT2D eigenvalue weighted by Gasteiger charge is -2.37. The van der Waals surface area contributed by atoms with Crippen LogP contribution in [-0.4, -0.2) is 5.54 Å². The quantitative estimate of drug-likeness (QED) is 0.249. The van der Waals surface area contributed by atoms with Crippen LogP contribution in [0.15, 0.2) is 36.4 Å². The van der Waals surface area contributed by atoms with Crippen LogP contribution in [0.5, 0.6) is 0 Å². The summed E-state index contributed by atoms with van der Waals surface area (Å²) >= 11 is 31.4. The predicted octanol–water partition coefficient (Wildman–Crippen LogP) is 10.4. The topological polar surface area (TPSA) is 12.0 Å². The Labute approximate surface area is 218 Å². The van der Waals surface area contributed by atoms with E-state index in [1.165, 1.54) is 0 Å². The minimum Gasteiger partial charge on any atom is -0.307 e. The third-order valence-corrected chi connectivity index (χ3v) is 7.23. The zero-order valence-electron chi connectivity index (χ0n) is 19.3. The minimum atomic E-state index is -0.394. The van der Waals surface area contributed by atoms with E-state index in [9.17, 15) is 0 Å². The molecule has 0 saturated heterocycles. The van der Waals surface area contributed by atoms with Crippen LogP contribution in [0.4, 0.5) is 0 Å². The fraction of sp³-hybridized carbons (Fsp3) is 0.462. The van der Waals surface area contributed by atoms with Crippen LogP contribution in [0.3, 0.4) is 0 Å². The molecule has 0 aromatic heterocycles. The molecule has 0 aliphatic heterocycles. The lowest BCUT2D eigenvalue weighted by Crippen LogP contribution is -2.44. The van der Waals surface area contributed by atoms with Crippen LogP contribution in [0.25, 0.3) is 6.08 Å². The second-order valence-electron chi connectivity index (χ2n) is 9.81. The Hall–Kier alpha value is -0.410. The van der Waals surface area contributed by atoms with Gasteiger partial charge in [0, 0.05) is 17.1 Å². The van der Waals surface area contributed by atoms with Crippen LogP contribution in [0, 0.1) is 5.41 Å². The van der Waals surface area contributed by atoms with E-state index in [4.69, 9.17) is 58.0 Å². The maximum absolute atomic E-state index is 6.60. The third kappa shape index (κ3) is 8.42. The Morgan fingerprint density at radius 3 is 2.09 bits per heavy atom. The van der Waals surface area contributed by atoms with Crippen LogP contribution in [-0.2, 0) is 6.54 Å². The fourth-order valence-electron chi connectivity index (χ4n) is 4.12. The number of benzene rings is 2. The normalized spacial score (nSPS) is 15.2. The Morgan fingerprint density at radius 2 is 1.56 bits per heavy atom. The van der Waals surface area contributed by atoms with Gasteiger partial charge in [0.05, 0.1) is 20.4 Å². The molecule has 0 spiro atoms. The van der Waals surface area contributed by atoms with E-state index < -0.39 is 5.38 Å². The number of halogens is 5.